The van der Waals surface area contributed by atoms with Gasteiger partial charge in [-0.15, -0.1) is 0 Å². The Morgan fingerprint density at radius 3 is 2.58 bits per heavy atom. The number of fused-ring (bicyclic) bond motifs is 1. The molecule has 0 atom stereocenters. The molecule has 7 heteroatoms. The van der Waals surface area contributed by atoms with Gasteiger partial charge in [0.1, 0.15) is 13.2 Å². The van der Waals surface area contributed by atoms with Crippen LogP contribution in [0.15, 0.2) is 59.3 Å². The minimum Gasteiger partial charge on any atom is -0.486 e. The summed E-state index contributed by atoms with van der Waals surface area (Å²) in [5.41, 5.74) is 2.29. The average molecular weight is 414 g/mol. The van der Waals surface area contributed by atoms with Crippen LogP contribution in [0, 0.1) is 0 Å². The van der Waals surface area contributed by atoms with Crippen molar-refractivity contribution >= 4 is 27.5 Å². The van der Waals surface area contributed by atoms with Crippen molar-refractivity contribution in [1.82, 2.24) is 9.78 Å². The number of anilines is 1. The van der Waals surface area contributed by atoms with Gasteiger partial charge in [0.05, 0.1) is 12.2 Å². The SMILES string of the molecule is O=C(Nc1cc2c(cc1Br)OCCO2)c1ccc(Cn2cccn2)cc1. The molecule has 0 saturated heterocycles. The summed E-state index contributed by atoms with van der Waals surface area (Å²) in [4.78, 5) is 12.5. The predicted octanol–water partition coefficient (Wildman–Crippen LogP) is 3.72. The highest BCUT2D eigenvalue weighted by Gasteiger charge is 2.16. The summed E-state index contributed by atoms with van der Waals surface area (Å²) in [6.07, 6.45) is 3.65. The van der Waals surface area contributed by atoms with Crippen LogP contribution in [0.4, 0.5) is 5.69 Å². The molecule has 0 radical (unpaired) electrons. The molecule has 6 nitrogen and oxygen atoms in total. The van der Waals surface area contributed by atoms with Crippen molar-refractivity contribution in [2.24, 2.45) is 0 Å². The van der Waals surface area contributed by atoms with Gasteiger partial charge in [-0.25, -0.2) is 0 Å². The average Bonchev–Trinajstić information content (AvgIpc) is 3.16. The number of aromatic nitrogens is 2. The number of benzene rings is 2. The Bertz CT molecular complexity index is 924. The second kappa shape index (κ2) is 7.21. The Morgan fingerprint density at radius 1 is 1.15 bits per heavy atom. The highest BCUT2D eigenvalue weighted by atomic mass is 79.9. The Hall–Kier alpha value is -2.80. The molecule has 1 aromatic heterocycles. The van der Waals surface area contributed by atoms with Crippen LogP contribution in [0.5, 0.6) is 11.5 Å². The van der Waals surface area contributed by atoms with Gasteiger partial charge in [0, 0.05) is 34.6 Å². The first-order valence-electron chi connectivity index (χ1n) is 8.16. The molecule has 132 valence electrons. The molecule has 26 heavy (non-hydrogen) atoms. The van der Waals surface area contributed by atoms with E-state index in [2.05, 4.69) is 26.3 Å². The number of amides is 1. The monoisotopic (exact) mass is 413 g/mol. The minimum atomic E-state index is -0.187. The fourth-order valence-corrected chi connectivity index (χ4v) is 3.12. The van der Waals surface area contributed by atoms with Crippen molar-refractivity contribution in [2.45, 2.75) is 6.54 Å². The Kier molecular flexibility index (Phi) is 4.62. The Labute approximate surface area is 158 Å². The highest BCUT2D eigenvalue weighted by Crippen LogP contribution is 2.38. The van der Waals surface area contributed by atoms with E-state index in [1.165, 1.54) is 0 Å². The lowest BCUT2D eigenvalue weighted by Crippen LogP contribution is -2.17. The summed E-state index contributed by atoms with van der Waals surface area (Å²) >= 11 is 3.46. The van der Waals surface area contributed by atoms with Gasteiger partial charge in [-0.2, -0.15) is 5.10 Å². The summed E-state index contributed by atoms with van der Waals surface area (Å²) < 4.78 is 13.7. The summed E-state index contributed by atoms with van der Waals surface area (Å²) in [6, 6.07) is 12.9. The molecule has 2 heterocycles. The zero-order chi connectivity index (χ0) is 17.9. The second-order valence-electron chi connectivity index (χ2n) is 5.83. The first-order chi connectivity index (χ1) is 12.7. The molecule has 0 saturated carbocycles. The number of carbonyl (C=O) groups excluding carboxylic acids is 1. The fourth-order valence-electron chi connectivity index (χ4n) is 2.70. The van der Waals surface area contributed by atoms with E-state index in [-0.39, 0.29) is 5.91 Å². The van der Waals surface area contributed by atoms with Crippen LogP contribution in [0.1, 0.15) is 15.9 Å². The van der Waals surface area contributed by atoms with Crippen LogP contribution >= 0.6 is 15.9 Å². The summed E-state index contributed by atoms with van der Waals surface area (Å²) in [5.74, 6) is 1.11. The normalized spacial score (nSPS) is 12.7. The standard InChI is InChI=1S/C19H16BrN3O3/c20-15-10-17-18(26-9-8-25-17)11-16(15)22-19(24)14-4-2-13(3-5-14)12-23-7-1-6-21-23/h1-7,10-11H,8-9,12H2,(H,22,24). The van der Waals surface area contributed by atoms with Gasteiger partial charge in [0.15, 0.2) is 11.5 Å². The molecule has 0 aliphatic carbocycles. The third kappa shape index (κ3) is 3.57. The van der Waals surface area contributed by atoms with Crippen LogP contribution in [0.2, 0.25) is 0 Å². The maximum atomic E-state index is 12.5. The maximum absolute atomic E-state index is 12.5. The molecule has 0 unspecified atom stereocenters. The summed E-state index contributed by atoms with van der Waals surface area (Å²) in [6.45, 7) is 1.69. The third-order valence-electron chi connectivity index (χ3n) is 4.00. The molecule has 2 aromatic carbocycles. The number of nitrogens with zero attached hydrogens (tertiary/aromatic N) is 2. The van der Waals surface area contributed by atoms with Crippen molar-refractivity contribution in [3.8, 4) is 11.5 Å². The molecule has 3 aromatic rings. The van der Waals surface area contributed by atoms with Crippen LogP contribution in [0.25, 0.3) is 0 Å². The summed E-state index contributed by atoms with van der Waals surface area (Å²) in [7, 11) is 0. The van der Waals surface area contributed by atoms with Crippen molar-refractivity contribution in [1.29, 1.82) is 0 Å². The number of ether oxygens (including phenoxy) is 2. The molecule has 0 spiro atoms. The van der Waals surface area contributed by atoms with Gasteiger partial charge >= 0.3 is 0 Å². The van der Waals surface area contributed by atoms with Crippen molar-refractivity contribution in [2.75, 3.05) is 18.5 Å². The van der Waals surface area contributed by atoms with E-state index in [9.17, 15) is 4.79 Å². The van der Waals surface area contributed by atoms with E-state index >= 15 is 0 Å². The van der Waals surface area contributed by atoms with Crippen molar-refractivity contribution in [3.63, 3.8) is 0 Å². The molecule has 1 aliphatic heterocycles. The molecule has 0 bridgehead atoms. The lowest BCUT2D eigenvalue weighted by molar-refractivity contribution is 0.102. The van der Waals surface area contributed by atoms with Crippen molar-refractivity contribution in [3.05, 3.63) is 70.5 Å². The molecule has 4 rings (SSSR count). The predicted molar refractivity (Wildman–Crippen MR) is 101 cm³/mol. The second-order valence-corrected chi connectivity index (χ2v) is 6.68. The Balaban J connectivity index is 1.48. The smallest absolute Gasteiger partial charge is 0.255 e. The molecule has 1 N–H and O–H groups in total. The van der Waals surface area contributed by atoms with E-state index < -0.39 is 0 Å². The van der Waals surface area contributed by atoms with Gasteiger partial charge < -0.3 is 14.8 Å². The molecular formula is C19H16BrN3O3. The Morgan fingerprint density at radius 2 is 1.88 bits per heavy atom. The third-order valence-corrected chi connectivity index (χ3v) is 4.66. The molecule has 1 amide bonds. The summed E-state index contributed by atoms with van der Waals surface area (Å²) in [5, 5.41) is 7.08. The van der Waals surface area contributed by atoms with Crippen LogP contribution in [-0.4, -0.2) is 28.9 Å². The van der Waals surface area contributed by atoms with E-state index in [0.29, 0.717) is 42.5 Å². The van der Waals surface area contributed by atoms with Gasteiger partial charge in [0.25, 0.3) is 5.91 Å². The number of carbonyl (C=O) groups is 1. The quantitative estimate of drug-likeness (QED) is 0.707. The lowest BCUT2D eigenvalue weighted by Gasteiger charge is -2.20. The van der Waals surface area contributed by atoms with E-state index in [4.69, 9.17) is 9.47 Å². The number of hydrogen-bond acceptors (Lipinski definition) is 4. The van der Waals surface area contributed by atoms with E-state index in [0.717, 1.165) is 10.0 Å². The zero-order valence-corrected chi connectivity index (χ0v) is 15.4. The van der Waals surface area contributed by atoms with Crippen LogP contribution < -0.4 is 14.8 Å². The topological polar surface area (TPSA) is 65.4 Å². The van der Waals surface area contributed by atoms with E-state index in [1.807, 2.05) is 29.1 Å². The van der Waals surface area contributed by atoms with E-state index in [1.54, 1.807) is 30.5 Å². The maximum Gasteiger partial charge on any atom is 0.255 e. The van der Waals surface area contributed by atoms with Gasteiger partial charge in [0.2, 0.25) is 0 Å². The van der Waals surface area contributed by atoms with Crippen molar-refractivity contribution < 1.29 is 14.3 Å². The van der Waals surface area contributed by atoms with Crippen LogP contribution in [0.3, 0.4) is 0 Å². The highest BCUT2D eigenvalue weighted by molar-refractivity contribution is 9.10. The largest absolute Gasteiger partial charge is 0.486 e. The zero-order valence-electron chi connectivity index (χ0n) is 13.8. The minimum absolute atomic E-state index is 0.187. The number of rotatable bonds is 4. The van der Waals surface area contributed by atoms with Gasteiger partial charge in [-0.05, 0) is 39.7 Å². The fraction of sp³-hybridized carbons (Fsp3) is 0.158. The number of nitrogens with one attached hydrogen (secondary N) is 1. The van der Waals surface area contributed by atoms with Crippen LogP contribution in [-0.2, 0) is 6.54 Å². The number of hydrogen-bond donors (Lipinski definition) is 1. The molecular weight excluding hydrogens is 398 g/mol. The van der Waals surface area contributed by atoms with Gasteiger partial charge in [-0.1, -0.05) is 12.1 Å². The molecule has 1 aliphatic rings. The van der Waals surface area contributed by atoms with Gasteiger partial charge in [-0.3, -0.25) is 9.48 Å². The number of halogens is 1. The lowest BCUT2D eigenvalue weighted by atomic mass is 10.1. The molecule has 0 fully saturated rings. The first kappa shape index (κ1) is 16.7. The first-order valence-corrected chi connectivity index (χ1v) is 8.95.